The maximum absolute atomic E-state index is 11.5. The maximum Gasteiger partial charge on any atom is 0.223 e. The molecule has 0 saturated carbocycles. The molecule has 0 radical (unpaired) electrons. The van der Waals surface area contributed by atoms with Crippen LogP contribution >= 0.6 is 0 Å². The first kappa shape index (κ1) is 9.00. The summed E-state index contributed by atoms with van der Waals surface area (Å²) in [5, 5.41) is 3.01. The molecule has 1 amide bonds. The van der Waals surface area contributed by atoms with Crippen LogP contribution in [0.15, 0.2) is 0 Å². The van der Waals surface area contributed by atoms with Crippen LogP contribution in [-0.2, 0) is 9.53 Å². The Hall–Kier alpha value is -0.570. The Morgan fingerprint density at radius 2 is 2.15 bits per heavy atom. The highest BCUT2D eigenvalue weighted by Crippen LogP contribution is 2.47. The van der Waals surface area contributed by atoms with Gasteiger partial charge in [0.05, 0.1) is 6.10 Å². The molecule has 2 heterocycles. The lowest BCUT2D eigenvalue weighted by Gasteiger charge is -2.33. The Labute approximate surface area is 78.8 Å². The minimum absolute atomic E-state index is 0.0527. The Kier molecular flexibility index (Phi) is 1.88. The summed E-state index contributed by atoms with van der Waals surface area (Å²) < 4.78 is 5.59. The van der Waals surface area contributed by atoms with Crippen molar-refractivity contribution >= 4 is 5.91 Å². The lowest BCUT2D eigenvalue weighted by molar-refractivity contribution is -0.123. The molecule has 74 valence electrons. The second-order valence-corrected chi connectivity index (χ2v) is 4.33. The number of rotatable bonds is 0. The second-order valence-electron chi connectivity index (χ2n) is 4.33. The average molecular weight is 183 g/mol. The SMILES string of the molecule is CC1NC(=O)C(C)C12CCOC2C. The van der Waals surface area contributed by atoms with E-state index in [0.29, 0.717) is 0 Å². The Bertz CT molecular complexity index is 241. The zero-order valence-corrected chi connectivity index (χ0v) is 8.46. The van der Waals surface area contributed by atoms with E-state index in [4.69, 9.17) is 4.74 Å². The van der Waals surface area contributed by atoms with E-state index < -0.39 is 0 Å². The molecule has 0 bridgehead atoms. The van der Waals surface area contributed by atoms with Crippen LogP contribution in [0, 0.1) is 11.3 Å². The molecule has 0 aromatic carbocycles. The summed E-state index contributed by atoms with van der Waals surface area (Å²) in [6, 6.07) is 0.257. The lowest BCUT2D eigenvalue weighted by Crippen LogP contribution is -2.42. The number of amides is 1. The topological polar surface area (TPSA) is 38.3 Å². The highest BCUT2D eigenvalue weighted by Gasteiger charge is 2.56. The molecule has 4 atom stereocenters. The third-order valence-electron chi connectivity index (χ3n) is 4.02. The molecule has 0 aliphatic carbocycles. The maximum atomic E-state index is 11.5. The monoisotopic (exact) mass is 183 g/mol. The second kappa shape index (κ2) is 2.71. The highest BCUT2D eigenvalue weighted by atomic mass is 16.5. The predicted molar refractivity (Wildman–Crippen MR) is 49.2 cm³/mol. The van der Waals surface area contributed by atoms with Gasteiger partial charge in [-0.2, -0.15) is 0 Å². The molecule has 2 rings (SSSR count). The smallest absolute Gasteiger partial charge is 0.223 e. The van der Waals surface area contributed by atoms with Gasteiger partial charge in [0.1, 0.15) is 0 Å². The lowest BCUT2D eigenvalue weighted by atomic mass is 9.69. The summed E-state index contributed by atoms with van der Waals surface area (Å²) in [6.07, 6.45) is 1.21. The Morgan fingerprint density at radius 3 is 2.54 bits per heavy atom. The Morgan fingerprint density at radius 1 is 1.46 bits per heavy atom. The molecule has 4 unspecified atom stereocenters. The van der Waals surface area contributed by atoms with Gasteiger partial charge in [-0.3, -0.25) is 4.79 Å². The number of carbonyl (C=O) groups is 1. The van der Waals surface area contributed by atoms with E-state index in [-0.39, 0.29) is 29.4 Å². The fourth-order valence-corrected chi connectivity index (χ4v) is 3.00. The van der Waals surface area contributed by atoms with E-state index >= 15 is 0 Å². The normalized spacial score (nSPS) is 50.1. The van der Waals surface area contributed by atoms with E-state index in [1.54, 1.807) is 0 Å². The molecule has 2 saturated heterocycles. The van der Waals surface area contributed by atoms with Gasteiger partial charge in [0.15, 0.2) is 0 Å². The van der Waals surface area contributed by atoms with Crippen LogP contribution in [0.2, 0.25) is 0 Å². The molecule has 3 nitrogen and oxygen atoms in total. The van der Waals surface area contributed by atoms with Crippen LogP contribution < -0.4 is 5.32 Å². The Balaban J connectivity index is 2.34. The van der Waals surface area contributed by atoms with Crippen molar-refractivity contribution in [2.45, 2.75) is 39.3 Å². The number of hydrogen-bond donors (Lipinski definition) is 1. The molecule has 0 aromatic rings. The quantitative estimate of drug-likeness (QED) is 0.607. The van der Waals surface area contributed by atoms with Crippen molar-refractivity contribution in [1.82, 2.24) is 5.32 Å². The van der Waals surface area contributed by atoms with Crippen molar-refractivity contribution in [2.24, 2.45) is 11.3 Å². The number of carbonyl (C=O) groups excluding carboxylic acids is 1. The highest BCUT2D eigenvalue weighted by molar-refractivity contribution is 5.82. The van der Waals surface area contributed by atoms with Gasteiger partial charge in [-0.15, -0.1) is 0 Å². The fourth-order valence-electron chi connectivity index (χ4n) is 3.00. The van der Waals surface area contributed by atoms with Gasteiger partial charge in [-0.05, 0) is 20.3 Å². The summed E-state index contributed by atoms with van der Waals surface area (Å²) in [4.78, 5) is 11.5. The van der Waals surface area contributed by atoms with Crippen LogP contribution in [0.1, 0.15) is 27.2 Å². The molecule has 2 aliphatic rings. The molecular weight excluding hydrogens is 166 g/mol. The van der Waals surface area contributed by atoms with Crippen LogP contribution in [0.25, 0.3) is 0 Å². The van der Waals surface area contributed by atoms with Crippen molar-refractivity contribution in [1.29, 1.82) is 0 Å². The largest absolute Gasteiger partial charge is 0.378 e. The van der Waals surface area contributed by atoms with Gasteiger partial charge < -0.3 is 10.1 Å². The molecule has 2 aliphatic heterocycles. The van der Waals surface area contributed by atoms with Crippen molar-refractivity contribution in [3.05, 3.63) is 0 Å². The van der Waals surface area contributed by atoms with E-state index in [0.717, 1.165) is 13.0 Å². The predicted octanol–water partition coefficient (Wildman–Crippen LogP) is 0.936. The summed E-state index contributed by atoms with van der Waals surface area (Å²) in [7, 11) is 0. The number of hydrogen-bond acceptors (Lipinski definition) is 2. The van der Waals surface area contributed by atoms with E-state index in [1.165, 1.54) is 0 Å². The van der Waals surface area contributed by atoms with E-state index in [2.05, 4.69) is 19.2 Å². The number of ether oxygens (including phenoxy) is 1. The zero-order valence-electron chi connectivity index (χ0n) is 8.46. The van der Waals surface area contributed by atoms with Gasteiger partial charge >= 0.3 is 0 Å². The summed E-state index contributed by atoms with van der Waals surface area (Å²) >= 11 is 0. The number of nitrogens with one attached hydrogen (secondary N) is 1. The van der Waals surface area contributed by atoms with Crippen LogP contribution in [0.4, 0.5) is 0 Å². The van der Waals surface area contributed by atoms with E-state index in [9.17, 15) is 4.79 Å². The molecule has 1 N–H and O–H groups in total. The van der Waals surface area contributed by atoms with E-state index in [1.807, 2.05) is 6.92 Å². The fraction of sp³-hybridized carbons (Fsp3) is 0.900. The standard InChI is InChI=1S/C10H17NO2/c1-6-9(12)11-7(2)10(6)4-5-13-8(10)3/h6-8H,4-5H2,1-3H3,(H,11,12). The first-order valence-electron chi connectivity index (χ1n) is 5.01. The van der Waals surface area contributed by atoms with Gasteiger partial charge in [-0.25, -0.2) is 0 Å². The molecule has 3 heteroatoms. The van der Waals surface area contributed by atoms with Crippen LogP contribution in [0.5, 0.6) is 0 Å². The van der Waals surface area contributed by atoms with Gasteiger partial charge in [-0.1, -0.05) is 6.92 Å². The van der Waals surface area contributed by atoms with Gasteiger partial charge in [0.2, 0.25) is 5.91 Å². The average Bonchev–Trinajstić information content (AvgIpc) is 2.54. The molecule has 1 spiro atoms. The third kappa shape index (κ3) is 0.966. The molecule has 13 heavy (non-hydrogen) atoms. The summed E-state index contributed by atoms with van der Waals surface area (Å²) in [6.45, 7) is 6.99. The van der Waals surface area contributed by atoms with Crippen molar-refractivity contribution in [2.75, 3.05) is 6.61 Å². The van der Waals surface area contributed by atoms with Gasteiger partial charge in [0.25, 0.3) is 0 Å². The van der Waals surface area contributed by atoms with Crippen LogP contribution in [0.3, 0.4) is 0 Å². The molecular formula is C10H17NO2. The molecule has 0 aromatic heterocycles. The van der Waals surface area contributed by atoms with Gasteiger partial charge in [0, 0.05) is 24.0 Å². The minimum Gasteiger partial charge on any atom is -0.378 e. The third-order valence-corrected chi connectivity index (χ3v) is 4.02. The summed E-state index contributed by atoms with van der Waals surface area (Å²) in [5.74, 6) is 0.282. The van der Waals surface area contributed by atoms with Crippen molar-refractivity contribution in [3.8, 4) is 0 Å². The first-order chi connectivity index (χ1) is 6.09. The molecule has 2 fully saturated rings. The van der Waals surface area contributed by atoms with Crippen LogP contribution in [-0.4, -0.2) is 24.7 Å². The first-order valence-corrected chi connectivity index (χ1v) is 5.01. The summed E-state index contributed by atoms with van der Waals surface area (Å²) in [5.41, 5.74) is 0.0527. The minimum atomic E-state index is 0.0527. The van der Waals surface area contributed by atoms with Crippen molar-refractivity contribution in [3.63, 3.8) is 0 Å². The van der Waals surface area contributed by atoms with Crippen molar-refractivity contribution < 1.29 is 9.53 Å². The zero-order chi connectivity index (χ0) is 9.64.